The second kappa shape index (κ2) is 8.13. The van der Waals surface area contributed by atoms with Gasteiger partial charge in [0.1, 0.15) is 0 Å². The Labute approximate surface area is 151 Å². The fourth-order valence-corrected chi connectivity index (χ4v) is 4.77. The van der Waals surface area contributed by atoms with E-state index < -0.39 is 10.0 Å². The molecule has 1 heterocycles. The van der Waals surface area contributed by atoms with Crippen LogP contribution in [0.2, 0.25) is 0 Å². The molecule has 0 bridgehead atoms. The lowest BCUT2D eigenvalue weighted by Gasteiger charge is -2.37. The molecule has 1 atom stereocenters. The van der Waals surface area contributed by atoms with Crippen LogP contribution < -0.4 is 0 Å². The Morgan fingerprint density at radius 3 is 2.04 bits per heavy atom. The summed E-state index contributed by atoms with van der Waals surface area (Å²) in [6.45, 7) is 4.95. The lowest BCUT2D eigenvalue weighted by molar-refractivity contribution is 0.140. The van der Waals surface area contributed by atoms with Crippen LogP contribution in [0.1, 0.15) is 18.9 Å². The zero-order chi connectivity index (χ0) is 17.7. The Morgan fingerprint density at radius 2 is 1.44 bits per heavy atom. The first-order valence-corrected chi connectivity index (χ1v) is 10.3. The largest absolute Gasteiger partial charge is 0.298 e. The summed E-state index contributed by atoms with van der Waals surface area (Å²) < 4.78 is 27.0. The highest BCUT2D eigenvalue weighted by Crippen LogP contribution is 2.19. The van der Waals surface area contributed by atoms with Gasteiger partial charge in [-0.3, -0.25) is 4.90 Å². The van der Waals surface area contributed by atoms with Gasteiger partial charge in [-0.15, -0.1) is 0 Å². The van der Waals surface area contributed by atoms with E-state index in [2.05, 4.69) is 36.1 Å². The van der Waals surface area contributed by atoms with E-state index in [1.165, 1.54) is 5.56 Å². The highest BCUT2D eigenvalue weighted by Gasteiger charge is 2.29. The van der Waals surface area contributed by atoms with Gasteiger partial charge < -0.3 is 0 Å². The summed E-state index contributed by atoms with van der Waals surface area (Å²) in [5.41, 5.74) is 1.36. The predicted molar refractivity (Wildman–Crippen MR) is 101 cm³/mol. The molecular weight excluding hydrogens is 332 g/mol. The summed E-state index contributed by atoms with van der Waals surface area (Å²) >= 11 is 0. The highest BCUT2D eigenvalue weighted by molar-refractivity contribution is 7.89. The summed E-state index contributed by atoms with van der Waals surface area (Å²) in [5, 5.41) is 0. The molecule has 0 aliphatic carbocycles. The van der Waals surface area contributed by atoms with Crippen molar-refractivity contribution < 1.29 is 8.42 Å². The zero-order valence-corrected chi connectivity index (χ0v) is 15.5. The molecular formula is C20H26N2O2S. The first kappa shape index (κ1) is 18.1. The summed E-state index contributed by atoms with van der Waals surface area (Å²) in [6, 6.07) is 19.7. The molecule has 2 aromatic rings. The summed E-state index contributed by atoms with van der Waals surface area (Å²) in [4.78, 5) is 2.79. The molecule has 1 aliphatic rings. The predicted octanol–water partition coefficient (Wildman–Crippen LogP) is 3.01. The minimum atomic E-state index is -3.36. The number of benzene rings is 2. The molecule has 1 saturated heterocycles. The third-order valence-electron chi connectivity index (χ3n) is 4.97. The Bertz CT molecular complexity index is 755. The van der Waals surface area contributed by atoms with Gasteiger partial charge in [0.15, 0.2) is 0 Å². The van der Waals surface area contributed by atoms with Crippen LogP contribution in [0.15, 0.2) is 65.6 Å². The summed E-state index contributed by atoms with van der Waals surface area (Å²) in [6.07, 6.45) is 2.15. The van der Waals surface area contributed by atoms with Gasteiger partial charge in [0, 0.05) is 32.2 Å². The summed E-state index contributed by atoms with van der Waals surface area (Å²) in [5.74, 6) is 0. The van der Waals surface area contributed by atoms with Crippen LogP contribution in [0.25, 0.3) is 0 Å². The standard InChI is InChI=1S/C20H26N2O2S/c1-18(12-13-19-8-4-2-5-9-19)21-14-16-22(17-15-21)25(23,24)20-10-6-3-7-11-20/h2-11,18H,12-17H2,1H3. The Hall–Kier alpha value is -1.69. The highest BCUT2D eigenvalue weighted by atomic mass is 32.2. The van der Waals surface area contributed by atoms with E-state index in [1.54, 1.807) is 28.6 Å². The van der Waals surface area contributed by atoms with E-state index in [1.807, 2.05) is 12.1 Å². The fourth-order valence-electron chi connectivity index (χ4n) is 3.33. The van der Waals surface area contributed by atoms with E-state index in [0.29, 0.717) is 24.0 Å². The van der Waals surface area contributed by atoms with E-state index in [9.17, 15) is 8.42 Å². The number of hydrogen-bond acceptors (Lipinski definition) is 3. The van der Waals surface area contributed by atoms with E-state index >= 15 is 0 Å². The Kier molecular flexibility index (Phi) is 5.89. The van der Waals surface area contributed by atoms with E-state index in [4.69, 9.17) is 0 Å². The molecule has 134 valence electrons. The molecule has 0 radical (unpaired) electrons. The minimum absolute atomic E-state index is 0.389. The van der Waals surface area contributed by atoms with Gasteiger partial charge in [0.05, 0.1) is 4.90 Å². The van der Waals surface area contributed by atoms with Crippen molar-refractivity contribution in [1.29, 1.82) is 0 Å². The maximum Gasteiger partial charge on any atom is 0.243 e. The van der Waals surface area contributed by atoms with Crippen molar-refractivity contribution in [2.45, 2.75) is 30.7 Å². The molecule has 2 aromatic carbocycles. The van der Waals surface area contributed by atoms with E-state index in [0.717, 1.165) is 25.9 Å². The van der Waals surface area contributed by atoms with Crippen molar-refractivity contribution >= 4 is 10.0 Å². The minimum Gasteiger partial charge on any atom is -0.298 e. The number of sulfonamides is 1. The van der Waals surface area contributed by atoms with Gasteiger partial charge in [0.25, 0.3) is 0 Å². The smallest absolute Gasteiger partial charge is 0.243 e. The molecule has 3 rings (SSSR count). The maximum atomic E-state index is 12.7. The molecule has 0 saturated carbocycles. The molecule has 0 aromatic heterocycles. The van der Waals surface area contributed by atoms with Crippen molar-refractivity contribution in [1.82, 2.24) is 9.21 Å². The average Bonchev–Trinajstić information content (AvgIpc) is 2.68. The van der Waals surface area contributed by atoms with Crippen LogP contribution in [0.5, 0.6) is 0 Å². The molecule has 4 nitrogen and oxygen atoms in total. The van der Waals surface area contributed by atoms with Gasteiger partial charge in [-0.05, 0) is 37.5 Å². The van der Waals surface area contributed by atoms with Crippen LogP contribution in [0.3, 0.4) is 0 Å². The lowest BCUT2D eigenvalue weighted by atomic mass is 10.0. The quantitative estimate of drug-likeness (QED) is 0.797. The molecule has 25 heavy (non-hydrogen) atoms. The first-order valence-electron chi connectivity index (χ1n) is 8.90. The van der Waals surface area contributed by atoms with Gasteiger partial charge in [-0.25, -0.2) is 8.42 Å². The molecule has 1 unspecified atom stereocenters. The number of aryl methyl sites for hydroxylation is 1. The molecule has 0 N–H and O–H groups in total. The van der Waals surface area contributed by atoms with Crippen molar-refractivity contribution in [3.05, 3.63) is 66.2 Å². The summed E-state index contributed by atoms with van der Waals surface area (Å²) in [7, 11) is -3.36. The number of piperazine rings is 1. The van der Waals surface area contributed by atoms with Gasteiger partial charge >= 0.3 is 0 Å². The van der Waals surface area contributed by atoms with Gasteiger partial charge in [-0.2, -0.15) is 4.31 Å². The third-order valence-corrected chi connectivity index (χ3v) is 6.88. The topological polar surface area (TPSA) is 40.6 Å². The molecule has 0 amide bonds. The normalized spacial score (nSPS) is 18.1. The van der Waals surface area contributed by atoms with Crippen molar-refractivity contribution in [2.24, 2.45) is 0 Å². The van der Waals surface area contributed by atoms with Crippen LogP contribution in [-0.2, 0) is 16.4 Å². The SMILES string of the molecule is CC(CCc1ccccc1)N1CCN(S(=O)(=O)c2ccccc2)CC1. The molecule has 5 heteroatoms. The fraction of sp³-hybridized carbons (Fsp3) is 0.400. The van der Waals surface area contributed by atoms with E-state index in [-0.39, 0.29) is 0 Å². The van der Waals surface area contributed by atoms with Gasteiger partial charge in [0.2, 0.25) is 10.0 Å². The number of rotatable bonds is 6. The number of nitrogens with zero attached hydrogens (tertiary/aromatic N) is 2. The second-order valence-electron chi connectivity index (χ2n) is 6.63. The average molecular weight is 359 g/mol. The van der Waals surface area contributed by atoms with Crippen LogP contribution in [0, 0.1) is 0 Å². The van der Waals surface area contributed by atoms with Crippen LogP contribution in [0.4, 0.5) is 0 Å². The monoisotopic (exact) mass is 358 g/mol. The molecule has 1 aliphatic heterocycles. The van der Waals surface area contributed by atoms with Crippen molar-refractivity contribution in [3.8, 4) is 0 Å². The van der Waals surface area contributed by atoms with Crippen molar-refractivity contribution in [3.63, 3.8) is 0 Å². The van der Waals surface area contributed by atoms with Gasteiger partial charge in [-0.1, -0.05) is 48.5 Å². The molecule has 1 fully saturated rings. The maximum absolute atomic E-state index is 12.7. The second-order valence-corrected chi connectivity index (χ2v) is 8.56. The first-order chi connectivity index (χ1) is 12.1. The molecule has 0 spiro atoms. The van der Waals surface area contributed by atoms with Crippen LogP contribution >= 0.6 is 0 Å². The van der Waals surface area contributed by atoms with Crippen LogP contribution in [-0.4, -0.2) is 49.8 Å². The third kappa shape index (κ3) is 4.48. The Morgan fingerprint density at radius 1 is 0.880 bits per heavy atom. The number of hydrogen-bond donors (Lipinski definition) is 0. The van der Waals surface area contributed by atoms with Crippen molar-refractivity contribution in [2.75, 3.05) is 26.2 Å². The zero-order valence-electron chi connectivity index (χ0n) is 14.7. The lowest BCUT2D eigenvalue weighted by Crippen LogP contribution is -2.51. The Balaban J connectivity index is 1.53.